The van der Waals surface area contributed by atoms with Gasteiger partial charge in [-0.1, -0.05) is 20.8 Å². The molecule has 0 saturated carbocycles. The second kappa shape index (κ2) is 4.66. The highest BCUT2D eigenvalue weighted by atomic mass is 19.3. The SMILES string of the molecule is CC(C)(C)c1c(F)c(F)c(C=C(F)F)c(F)c1F. The maximum atomic E-state index is 13.6. The van der Waals surface area contributed by atoms with Crippen molar-refractivity contribution in [3.63, 3.8) is 0 Å². The lowest BCUT2D eigenvalue weighted by molar-refractivity contribution is 0.399. The summed E-state index contributed by atoms with van der Waals surface area (Å²) >= 11 is 0. The van der Waals surface area contributed by atoms with Gasteiger partial charge in [-0.3, -0.25) is 0 Å². The number of hydrogen-bond donors (Lipinski definition) is 0. The van der Waals surface area contributed by atoms with E-state index in [-0.39, 0.29) is 6.08 Å². The zero-order chi connectivity index (χ0) is 14.2. The Balaban J connectivity index is 3.72. The average Bonchev–Trinajstić information content (AvgIpc) is 2.19. The van der Waals surface area contributed by atoms with Crippen LogP contribution in [0, 0.1) is 23.3 Å². The minimum atomic E-state index is -2.45. The Morgan fingerprint density at radius 1 is 0.833 bits per heavy atom. The van der Waals surface area contributed by atoms with E-state index in [1.54, 1.807) is 0 Å². The third kappa shape index (κ3) is 2.52. The first-order valence-corrected chi connectivity index (χ1v) is 4.96. The molecule has 0 nitrogen and oxygen atoms in total. The van der Waals surface area contributed by atoms with Crippen molar-refractivity contribution in [2.45, 2.75) is 26.2 Å². The van der Waals surface area contributed by atoms with Crippen LogP contribution in [0.3, 0.4) is 0 Å². The summed E-state index contributed by atoms with van der Waals surface area (Å²) < 4.78 is 78.0. The fourth-order valence-electron chi connectivity index (χ4n) is 1.54. The molecule has 0 aliphatic heterocycles. The minimum absolute atomic E-state index is 0.247. The molecule has 0 unspecified atom stereocenters. The third-order valence-electron chi connectivity index (χ3n) is 2.30. The summed E-state index contributed by atoms with van der Waals surface area (Å²) in [6.07, 6.45) is -2.70. The van der Waals surface area contributed by atoms with E-state index < -0.39 is 45.9 Å². The van der Waals surface area contributed by atoms with Gasteiger partial charge < -0.3 is 0 Å². The Labute approximate surface area is 99.9 Å². The molecule has 0 aromatic heterocycles. The van der Waals surface area contributed by atoms with E-state index in [1.165, 1.54) is 20.8 Å². The van der Waals surface area contributed by atoms with Crippen LogP contribution in [0.25, 0.3) is 6.08 Å². The normalized spacial score (nSPS) is 11.6. The van der Waals surface area contributed by atoms with Gasteiger partial charge in [0.1, 0.15) is 0 Å². The lowest BCUT2D eigenvalue weighted by Gasteiger charge is -2.21. The summed E-state index contributed by atoms with van der Waals surface area (Å²) in [5, 5.41) is 0. The van der Waals surface area contributed by atoms with Crippen LogP contribution < -0.4 is 0 Å². The van der Waals surface area contributed by atoms with Crippen LogP contribution in [0.2, 0.25) is 0 Å². The van der Waals surface area contributed by atoms with Crippen LogP contribution in [0.4, 0.5) is 26.3 Å². The second-order valence-electron chi connectivity index (χ2n) is 4.73. The van der Waals surface area contributed by atoms with Gasteiger partial charge in [-0.05, 0) is 5.41 Å². The Morgan fingerprint density at radius 2 is 1.22 bits per heavy atom. The highest BCUT2D eigenvalue weighted by Crippen LogP contribution is 2.33. The number of rotatable bonds is 1. The van der Waals surface area contributed by atoms with E-state index in [0.717, 1.165) is 0 Å². The molecule has 1 aromatic carbocycles. The second-order valence-corrected chi connectivity index (χ2v) is 4.73. The Bertz CT molecular complexity index is 477. The summed E-state index contributed by atoms with van der Waals surface area (Å²) in [5.41, 5.74) is -3.43. The van der Waals surface area contributed by atoms with Crippen LogP contribution in [-0.4, -0.2) is 0 Å². The molecule has 0 spiro atoms. The Morgan fingerprint density at radius 3 is 1.50 bits per heavy atom. The molecule has 0 N–H and O–H groups in total. The zero-order valence-electron chi connectivity index (χ0n) is 9.85. The van der Waals surface area contributed by atoms with Crippen molar-refractivity contribution < 1.29 is 26.3 Å². The largest absolute Gasteiger partial charge is 0.271 e. The number of hydrogen-bond acceptors (Lipinski definition) is 0. The van der Waals surface area contributed by atoms with Crippen molar-refractivity contribution in [1.29, 1.82) is 0 Å². The van der Waals surface area contributed by atoms with Crippen LogP contribution in [-0.2, 0) is 5.41 Å². The Hall–Kier alpha value is -1.46. The summed E-state index contributed by atoms with van der Waals surface area (Å²) in [6, 6.07) is 0. The monoisotopic (exact) mass is 268 g/mol. The van der Waals surface area contributed by atoms with Crippen molar-refractivity contribution in [2.24, 2.45) is 0 Å². The molecule has 0 bridgehead atoms. The Kier molecular flexibility index (Phi) is 3.78. The average molecular weight is 268 g/mol. The molecule has 0 heterocycles. The lowest BCUT2D eigenvalue weighted by atomic mass is 9.85. The van der Waals surface area contributed by atoms with Crippen molar-refractivity contribution in [3.8, 4) is 0 Å². The van der Waals surface area contributed by atoms with Crippen molar-refractivity contribution >= 4 is 6.08 Å². The van der Waals surface area contributed by atoms with Gasteiger partial charge >= 0.3 is 0 Å². The molecule has 1 rings (SSSR count). The summed E-state index contributed by atoms with van der Waals surface area (Å²) in [6.45, 7) is 4.04. The van der Waals surface area contributed by atoms with Gasteiger partial charge in [0.15, 0.2) is 23.3 Å². The van der Waals surface area contributed by atoms with Crippen molar-refractivity contribution in [1.82, 2.24) is 0 Å². The summed E-state index contributed by atoms with van der Waals surface area (Å²) in [7, 11) is 0. The van der Waals surface area contributed by atoms with Gasteiger partial charge in [0.2, 0.25) is 0 Å². The maximum Gasteiger partial charge on any atom is 0.271 e. The van der Waals surface area contributed by atoms with E-state index in [1.807, 2.05) is 0 Å². The molecule has 18 heavy (non-hydrogen) atoms. The predicted octanol–water partition coefficient (Wildman–Crippen LogP) is 4.78. The molecular weight excluding hydrogens is 258 g/mol. The molecule has 0 radical (unpaired) electrons. The van der Waals surface area contributed by atoms with Gasteiger partial charge in [-0.15, -0.1) is 0 Å². The molecule has 6 heteroatoms. The molecule has 0 aliphatic carbocycles. The van der Waals surface area contributed by atoms with Gasteiger partial charge in [0.05, 0.1) is 5.56 Å². The molecule has 100 valence electrons. The van der Waals surface area contributed by atoms with Gasteiger partial charge in [0, 0.05) is 11.6 Å². The van der Waals surface area contributed by atoms with Crippen LogP contribution in [0.15, 0.2) is 6.08 Å². The molecule has 1 aromatic rings. The highest BCUT2D eigenvalue weighted by Gasteiger charge is 2.31. The first-order valence-electron chi connectivity index (χ1n) is 4.96. The van der Waals surface area contributed by atoms with Gasteiger partial charge in [0.25, 0.3) is 6.08 Å². The molecule has 0 saturated heterocycles. The van der Waals surface area contributed by atoms with E-state index in [4.69, 9.17) is 0 Å². The molecule has 0 fully saturated rings. The van der Waals surface area contributed by atoms with Gasteiger partial charge in [-0.25, -0.2) is 17.6 Å². The predicted molar refractivity (Wildman–Crippen MR) is 55.2 cm³/mol. The minimum Gasteiger partial charge on any atom is -0.203 e. The first-order chi connectivity index (χ1) is 8.07. The van der Waals surface area contributed by atoms with Crippen molar-refractivity contribution in [2.75, 3.05) is 0 Å². The molecule has 0 amide bonds. The number of benzene rings is 1. The standard InChI is InChI=1S/C12H10F6/c1-12(2,3)7-10(17)8(15)5(4-6(13)14)9(16)11(7)18/h4H,1-3H3. The van der Waals surface area contributed by atoms with Crippen LogP contribution >= 0.6 is 0 Å². The number of halogens is 6. The highest BCUT2D eigenvalue weighted by molar-refractivity contribution is 5.53. The maximum absolute atomic E-state index is 13.6. The van der Waals surface area contributed by atoms with Crippen LogP contribution in [0.1, 0.15) is 31.9 Å². The van der Waals surface area contributed by atoms with Crippen LogP contribution in [0.5, 0.6) is 0 Å². The quantitative estimate of drug-likeness (QED) is 0.508. The van der Waals surface area contributed by atoms with E-state index >= 15 is 0 Å². The summed E-state index contributed by atoms with van der Waals surface area (Å²) in [4.78, 5) is 0. The molecular formula is C12H10F6. The smallest absolute Gasteiger partial charge is 0.203 e. The summed E-state index contributed by atoms with van der Waals surface area (Å²) in [5.74, 6) is -6.97. The van der Waals surface area contributed by atoms with Crippen molar-refractivity contribution in [3.05, 3.63) is 40.5 Å². The third-order valence-corrected chi connectivity index (χ3v) is 2.30. The van der Waals surface area contributed by atoms with E-state index in [0.29, 0.717) is 0 Å². The zero-order valence-corrected chi connectivity index (χ0v) is 9.85. The van der Waals surface area contributed by atoms with E-state index in [2.05, 4.69) is 0 Å². The molecule has 0 aliphatic rings. The van der Waals surface area contributed by atoms with E-state index in [9.17, 15) is 26.3 Å². The fraction of sp³-hybridized carbons (Fsp3) is 0.333. The lowest BCUT2D eigenvalue weighted by Crippen LogP contribution is -2.19. The molecule has 0 atom stereocenters. The van der Waals surface area contributed by atoms with Gasteiger partial charge in [-0.2, -0.15) is 8.78 Å². The fourth-order valence-corrected chi connectivity index (χ4v) is 1.54. The topological polar surface area (TPSA) is 0 Å². The first kappa shape index (κ1) is 14.6.